The fourth-order valence-corrected chi connectivity index (χ4v) is 2.75. The topological polar surface area (TPSA) is 47.6 Å². The van der Waals surface area contributed by atoms with Gasteiger partial charge >= 0.3 is 0 Å². The van der Waals surface area contributed by atoms with Crippen LogP contribution < -0.4 is 14.8 Å². The smallest absolute Gasteiger partial charge is 0.232 e. The second-order valence-corrected chi connectivity index (χ2v) is 5.83. The Bertz CT molecular complexity index is 670. The van der Waals surface area contributed by atoms with E-state index in [0.717, 1.165) is 12.0 Å². The molecule has 24 heavy (non-hydrogen) atoms. The minimum absolute atomic E-state index is 0.0287. The SMILES string of the molecule is CCC(C)C(C(=O)Nc1ccc(OC)cc1OC)c1ccccc1. The molecule has 0 fully saturated rings. The van der Waals surface area contributed by atoms with Crippen LogP contribution in [0.4, 0.5) is 5.69 Å². The van der Waals surface area contributed by atoms with Crippen molar-refractivity contribution in [3.8, 4) is 11.5 Å². The average Bonchev–Trinajstić information content (AvgIpc) is 2.62. The Morgan fingerprint density at radius 3 is 2.38 bits per heavy atom. The summed E-state index contributed by atoms with van der Waals surface area (Å²) in [4.78, 5) is 12.9. The Kier molecular flexibility index (Phi) is 6.24. The van der Waals surface area contributed by atoms with Gasteiger partial charge in [-0.05, 0) is 23.6 Å². The molecule has 0 aliphatic rings. The first kappa shape index (κ1) is 17.9. The minimum atomic E-state index is -0.206. The normalized spacial score (nSPS) is 13.0. The summed E-state index contributed by atoms with van der Waals surface area (Å²) >= 11 is 0. The fourth-order valence-electron chi connectivity index (χ4n) is 2.75. The fraction of sp³-hybridized carbons (Fsp3) is 0.350. The molecule has 2 atom stereocenters. The van der Waals surface area contributed by atoms with Crippen LogP contribution in [0.1, 0.15) is 31.7 Å². The highest BCUT2D eigenvalue weighted by Crippen LogP contribution is 2.32. The van der Waals surface area contributed by atoms with E-state index in [1.165, 1.54) is 0 Å². The Morgan fingerprint density at radius 1 is 1.08 bits per heavy atom. The van der Waals surface area contributed by atoms with Crippen LogP contribution >= 0.6 is 0 Å². The molecule has 2 aromatic carbocycles. The highest BCUT2D eigenvalue weighted by molar-refractivity contribution is 5.97. The molecule has 2 unspecified atom stereocenters. The Balaban J connectivity index is 2.28. The number of rotatable bonds is 7. The molecule has 0 aliphatic heterocycles. The van der Waals surface area contributed by atoms with E-state index in [-0.39, 0.29) is 17.7 Å². The molecule has 128 valence electrons. The third-order valence-electron chi connectivity index (χ3n) is 4.32. The molecule has 1 N–H and O–H groups in total. The predicted molar refractivity (Wildman–Crippen MR) is 96.8 cm³/mol. The lowest BCUT2D eigenvalue weighted by Crippen LogP contribution is -2.26. The molecule has 0 aromatic heterocycles. The van der Waals surface area contributed by atoms with Crippen molar-refractivity contribution in [2.45, 2.75) is 26.2 Å². The van der Waals surface area contributed by atoms with E-state index in [9.17, 15) is 4.79 Å². The van der Waals surface area contributed by atoms with Crippen molar-refractivity contribution < 1.29 is 14.3 Å². The molecule has 4 heteroatoms. The van der Waals surface area contributed by atoms with Crippen molar-refractivity contribution in [1.29, 1.82) is 0 Å². The average molecular weight is 327 g/mol. The summed E-state index contributed by atoms with van der Waals surface area (Å²) in [5.41, 5.74) is 1.67. The molecule has 0 aliphatic carbocycles. The lowest BCUT2D eigenvalue weighted by molar-refractivity contribution is -0.118. The van der Waals surface area contributed by atoms with E-state index < -0.39 is 0 Å². The van der Waals surface area contributed by atoms with E-state index in [1.54, 1.807) is 32.4 Å². The first-order valence-electron chi connectivity index (χ1n) is 8.18. The number of benzene rings is 2. The summed E-state index contributed by atoms with van der Waals surface area (Å²) in [5, 5.41) is 3.01. The summed E-state index contributed by atoms with van der Waals surface area (Å²) in [6.45, 7) is 4.20. The van der Waals surface area contributed by atoms with Gasteiger partial charge in [-0.25, -0.2) is 0 Å². The zero-order chi connectivity index (χ0) is 17.5. The number of methoxy groups -OCH3 is 2. The molecule has 0 heterocycles. The van der Waals surface area contributed by atoms with E-state index in [0.29, 0.717) is 17.2 Å². The second kappa shape index (κ2) is 8.39. The van der Waals surface area contributed by atoms with E-state index in [1.807, 2.05) is 30.3 Å². The molecule has 0 saturated carbocycles. The number of carbonyl (C=O) groups excluding carboxylic acids is 1. The van der Waals surface area contributed by atoms with Crippen LogP contribution in [0, 0.1) is 5.92 Å². The minimum Gasteiger partial charge on any atom is -0.497 e. The summed E-state index contributed by atoms with van der Waals surface area (Å²) < 4.78 is 10.6. The van der Waals surface area contributed by atoms with E-state index >= 15 is 0 Å². The van der Waals surface area contributed by atoms with Crippen molar-refractivity contribution >= 4 is 11.6 Å². The van der Waals surface area contributed by atoms with Crippen LogP contribution in [-0.4, -0.2) is 20.1 Å². The number of hydrogen-bond donors (Lipinski definition) is 1. The number of nitrogens with one attached hydrogen (secondary N) is 1. The Labute approximate surface area is 143 Å². The largest absolute Gasteiger partial charge is 0.497 e. The lowest BCUT2D eigenvalue weighted by atomic mass is 9.85. The first-order chi connectivity index (χ1) is 11.6. The van der Waals surface area contributed by atoms with Crippen LogP contribution in [-0.2, 0) is 4.79 Å². The van der Waals surface area contributed by atoms with Gasteiger partial charge in [0, 0.05) is 6.07 Å². The molecule has 2 aromatic rings. The quantitative estimate of drug-likeness (QED) is 0.816. The van der Waals surface area contributed by atoms with Crippen molar-refractivity contribution in [3.63, 3.8) is 0 Å². The second-order valence-electron chi connectivity index (χ2n) is 5.83. The number of carbonyl (C=O) groups is 1. The van der Waals surface area contributed by atoms with Crippen LogP contribution in [0.2, 0.25) is 0 Å². The summed E-state index contributed by atoms with van der Waals surface area (Å²) in [6, 6.07) is 15.3. The van der Waals surface area contributed by atoms with Crippen LogP contribution in [0.5, 0.6) is 11.5 Å². The lowest BCUT2D eigenvalue weighted by Gasteiger charge is -2.23. The van der Waals surface area contributed by atoms with Crippen LogP contribution in [0.15, 0.2) is 48.5 Å². The predicted octanol–water partition coefficient (Wildman–Crippen LogP) is 4.47. The zero-order valence-corrected chi connectivity index (χ0v) is 14.7. The zero-order valence-electron chi connectivity index (χ0n) is 14.7. The molecule has 0 saturated heterocycles. The molecular weight excluding hydrogens is 302 g/mol. The molecule has 0 spiro atoms. The first-order valence-corrected chi connectivity index (χ1v) is 8.18. The van der Waals surface area contributed by atoms with Gasteiger partial charge in [0.25, 0.3) is 0 Å². The maximum Gasteiger partial charge on any atom is 0.232 e. The maximum absolute atomic E-state index is 12.9. The Hall–Kier alpha value is -2.49. The molecule has 2 rings (SSSR count). The van der Waals surface area contributed by atoms with Gasteiger partial charge in [0.2, 0.25) is 5.91 Å². The molecule has 0 bridgehead atoms. The van der Waals surface area contributed by atoms with Gasteiger partial charge in [-0.15, -0.1) is 0 Å². The highest BCUT2D eigenvalue weighted by Gasteiger charge is 2.26. The number of ether oxygens (including phenoxy) is 2. The number of amides is 1. The highest BCUT2D eigenvalue weighted by atomic mass is 16.5. The van der Waals surface area contributed by atoms with Gasteiger partial charge in [0.05, 0.1) is 25.8 Å². The summed E-state index contributed by atoms with van der Waals surface area (Å²) in [6.07, 6.45) is 0.923. The standard InChI is InChI=1S/C20H25NO3/c1-5-14(2)19(15-9-7-6-8-10-15)20(22)21-17-12-11-16(23-3)13-18(17)24-4/h6-14,19H,5H2,1-4H3,(H,21,22). The molecular formula is C20H25NO3. The van der Waals surface area contributed by atoms with Gasteiger partial charge in [0.15, 0.2) is 0 Å². The third kappa shape index (κ3) is 4.07. The third-order valence-corrected chi connectivity index (χ3v) is 4.32. The van der Waals surface area contributed by atoms with Gasteiger partial charge in [-0.1, -0.05) is 50.6 Å². The molecule has 0 radical (unpaired) electrons. The van der Waals surface area contributed by atoms with Gasteiger partial charge in [0.1, 0.15) is 11.5 Å². The maximum atomic E-state index is 12.9. The number of hydrogen-bond acceptors (Lipinski definition) is 3. The van der Waals surface area contributed by atoms with Crippen molar-refractivity contribution in [2.75, 3.05) is 19.5 Å². The van der Waals surface area contributed by atoms with Gasteiger partial charge in [-0.3, -0.25) is 4.79 Å². The number of anilines is 1. The van der Waals surface area contributed by atoms with E-state index in [4.69, 9.17) is 9.47 Å². The monoisotopic (exact) mass is 327 g/mol. The summed E-state index contributed by atoms with van der Waals surface area (Å²) in [7, 11) is 3.18. The van der Waals surface area contributed by atoms with Crippen molar-refractivity contribution in [2.24, 2.45) is 5.92 Å². The molecule has 4 nitrogen and oxygen atoms in total. The summed E-state index contributed by atoms with van der Waals surface area (Å²) in [5.74, 6) is 1.27. The van der Waals surface area contributed by atoms with Gasteiger partial charge < -0.3 is 14.8 Å². The van der Waals surface area contributed by atoms with Crippen molar-refractivity contribution in [1.82, 2.24) is 0 Å². The van der Waals surface area contributed by atoms with Crippen LogP contribution in [0.25, 0.3) is 0 Å². The van der Waals surface area contributed by atoms with Crippen LogP contribution in [0.3, 0.4) is 0 Å². The van der Waals surface area contributed by atoms with E-state index in [2.05, 4.69) is 19.2 Å². The van der Waals surface area contributed by atoms with Crippen molar-refractivity contribution in [3.05, 3.63) is 54.1 Å². The van der Waals surface area contributed by atoms with Gasteiger partial charge in [-0.2, -0.15) is 0 Å². The molecule has 1 amide bonds. The Morgan fingerprint density at radius 2 is 1.79 bits per heavy atom.